The van der Waals surface area contributed by atoms with Gasteiger partial charge in [-0.05, 0) is 29.6 Å². The van der Waals surface area contributed by atoms with Gasteiger partial charge in [0.2, 0.25) is 0 Å². The fourth-order valence-corrected chi connectivity index (χ4v) is 2.48. The molecule has 1 N–H and O–H groups in total. The van der Waals surface area contributed by atoms with E-state index in [2.05, 4.69) is 15.9 Å². The summed E-state index contributed by atoms with van der Waals surface area (Å²) in [4.78, 5) is 11.1. The molecule has 0 aliphatic carbocycles. The second-order valence-corrected chi connectivity index (χ2v) is 5.41. The lowest BCUT2D eigenvalue weighted by atomic mass is 10.3. The van der Waals surface area contributed by atoms with Crippen LogP contribution in [0.5, 0.6) is 11.5 Å². The number of aromatic carboxylic acids is 1. The zero-order valence-corrected chi connectivity index (χ0v) is 12.2. The molecule has 4 nitrogen and oxygen atoms in total. The normalized spacial score (nSPS) is 10.2. The smallest absolute Gasteiger partial charge is 0.349 e. The molecule has 0 aliphatic heterocycles. The van der Waals surface area contributed by atoms with Crippen molar-refractivity contribution in [2.75, 3.05) is 13.2 Å². The van der Waals surface area contributed by atoms with E-state index in [0.717, 1.165) is 21.6 Å². The molecule has 2 aromatic rings. The van der Waals surface area contributed by atoms with E-state index in [9.17, 15) is 4.79 Å². The number of rotatable bonds is 6. The van der Waals surface area contributed by atoms with Gasteiger partial charge in [-0.3, -0.25) is 0 Å². The number of thiophene rings is 1. The molecule has 0 amide bonds. The molecule has 100 valence electrons. The maximum Gasteiger partial charge on any atom is 0.349 e. The molecule has 0 radical (unpaired) electrons. The third kappa shape index (κ3) is 3.97. The Morgan fingerprint density at radius 1 is 1.26 bits per heavy atom. The maximum absolute atomic E-state index is 10.9. The van der Waals surface area contributed by atoms with Crippen LogP contribution in [-0.4, -0.2) is 24.3 Å². The summed E-state index contributed by atoms with van der Waals surface area (Å²) in [7, 11) is 0. The van der Waals surface area contributed by atoms with Crippen LogP contribution in [0.4, 0.5) is 0 Å². The number of carboxylic acid groups (broad SMARTS) is 1. The molecule has 0 bridgehead atoms. The molecule has 19 heavy (non-hydrogen) atoms. The van der Waals surface area contributed by atoms with Crippen molar-refractivity contribution in [2.45, 2.75) is 0 Å². The van der Waals surface area contributed by atoms with Gasteiger partial charge in [0.15, 0.2) is 4.88 Å². The lowest BCUT2D eigenvalue weighted by molar-refractivity contribution is 0.0697. The summed E-state index contributed by atoms with van der Waals surface area (Å²) in [6.07, 6.45) is 0. The first-order chi connectivity index (χ1) is 9.16. The fraction of sp³-hybridized carbons (Fsp3) is 0.154. The van der Waals surface area contributed by atoms with Gasteiger partial charge < -0.3 is 14.6 Å². The van der Waals surface area contributed by atoms with Crippen molar-refractivity contribution >= 4 is 33.2 Å². The summed E-state index contributed by atoms with van der Waals surface area (Å²) in [5.41, 5.74) is 0. The Morgan fingerprint density at radius 2 is 2.05 bits per heavy atom. The van der Waals surface area contributed by atoms with Crippen LogP contribution < -0.4 is 9.47 Å². The summed E-state index contributed by atoms with van der Waals surface area (Å²) >= 11 is 4.50. The highest BCUT2D eigenvalue weighted by Crippen LogP contribution is 2.24. The molecule has 1 aromatic carbocycles. The Balaban J connectivity index is 1.81. The molecule has 2 rings (SSSR count). The topological polar surface area (TPSA) is 55.8 Å². The number of carboxylic acids is 1. The minimum atomic E-state index is -0.974. The van der Waals surface area contributed by atoms with E-state index in [4.69, 9.17) is 14.6 Å². The Kier molecular flexibility index (Phi) is 4.81. The van der Waals surface area contributed by atoms with Crippen molar-refractivity contribution in [2.24, 2.45) is 0 Å². The predicted molar refractivity (Wildman–Crippen MR) is 76.4 cm³/mol. The molecule has 0 saturated carbocycles. The lowest BCUT2D eigenvalue weighted by Crippen LogP contribution is -2.10. The molecule has 0 aliphatic rings. The third-order valence-corrected chi connectivity index (χ3v) is 3.61. The van der Waals surface area contributed by atoms with Crippen molar-refractivity contribution in [1.29, 1.82) is 0 Å². The highest BCUT2D eigenvalue weighted by molar-refractivity contribution is 9.10. The molecule has 6 heteroatoms. The molecule has 1 heterocycles. The largest absolute Gasteiger partial charge is 0.490 e. The highest BCUT2D eigenvalue weighted by Gasteiger charge is 2.12. The van der Waals surface area contributed by atoms with E-state index in [1.54, 1.807) is 11.4 Å². The average Bonchev–Trinajstić information content (AvgIpc) is 2.83. The summed E-state index contributed by atoms with van der Waals surface area (Å²) in [5, 5.41) is 10.6. The van der Waals surface area contributed by atoms with Gasteiger partial charge in [-0.25, -0.2) is 4.79 Å². The molecule has 1 aromatic heterocycles. The van der Waals surface area contributed by atoms with E-state index in [1.807, 2.05) is 24.3 Å². The van der Waals surface area contributed by atoms with Crippen molar-refractivity contribution in [3.63, 3.8) is 0 Å². The van der Waals surface area contributed by atoms with Gasteiger partial charge in [0.25, 0.3) is 0 Å². The first-order valence-electron chi connectivity index (χ1n) is 5.49. The Bertz CT molecular complexity index is 567. The van der Waals surface area contributed by atoms with Gasteiger partial charge >= 0.3 is 5.97 Å². The van der Waals surface area contributed by atoms with E-state index < -0.39 is 5.97 Å². The van der Waals surface area contributed by atoms with Crippen LogP contribution in [0.2, 0.25) is 0 Å². The van der Waals surface area contributed by atoms with Crippen molar-refractivity contribution in [1.82, 2.24) is 0 Å². The van der Waals surface area contributed by atoms with Crippen LogP contribution in [0.3, 0.4) is 0 Å². The molecule has 0 unspecified atom stereocenters. The van der Waals surface area contributed by atoms with E-state index in [0.29, 0.717) is 19.0 Å². The van der Waals surface area contributed by atoms with Gasteiger partial charge in [0.05, 0.1) is 0 Å². The molecular weight excluding hydrogens is 332 g/mol. The van der Waals surface area contributed by atoms with Crippen LogP contribution in [-0.2, 0) is 0 Å². The van der Waals surface area contributed by atoms with Gasteiger partial charge in [0.1, 0.15) is 24.7 Å². The highest BCUT2D eigenvalue weighted by atomic mass is 79.9. The lowest BCUT2D eigenvalue weighted by Gasteiger charge is -2.08. The van der Waals surface area contributed by atoms with Gasteiger partial charge in [-0.15, -0.1) is 11.3 Å². The van der Waals surface area contributed by atoms with Crippen LogP contribution in [0.15, 0.2) is 40.2 Å². The summed E-state index contributed by atoms with van der Waals surface area (Å²) in [6, 6.07) is 9.13. The number of hydrogen-bond donors (Lipinski definition) is 1. The van der Waals surface area contributed by atoms with Crippen LogP contribution in [0.1, 0.15) is 9.67 Å². The van der Waals surface area contributed by atoms with Gasteiger partial charge in [-0.1, -0.05) is 22.0 Å². The minimum absolute atomic E-state index is 0.211. The Morgan fingerprint density at radius 3 is 2.79 bits per heavy atom. The van der Waals surface area contributed by atoms with E-state index in [1.165, 1.54) is 0 Å². The summed E-state index contributed by atoms with van der Waals surface area (Å²) < 4.78 is 11.8. The molecule has 0 saturated heterocycles. The Labute approximate surface area is 122 Å². The molecule has 0 spiro atoms. The summed E-state index contributed by atoms with van der Waals surface area (Å²) in [5.74, 6) is 0.148. The quantitative estimate of drug-likeness (QED) is 0.813. The summed E-state index contributed by atoms with van der Waals surface area (Å²) in [6.45, 7) is 0.648. The second-order valence-electron chi connectivity index (χ2n) is 3.57. The van der Waals surface area contributed by atoms with Crippen molar-refractivity contribution < 1.29 is 19.4 Å². The van der Waals surface area contributed by atoms with Crippen LogP contribution in [0, 0.1) is 0 Å². The number of ether oxygens (including phenoxy) is 2. The number of carbonyl (C=O) groups is 1. The SMILES string of the molecule is O=C(O)c1sccc1OCCOc1cccc(Br)c1. The van der Waals surface area contributed by atoms with Gasteiger partial charge in [0, 0.05) is 4.47 Å². The average molecular weight is 343 g/mol. The predicted octanol–water partition coefficient (Wildman–Crippen LogP) is 3.67. The standard InChI is InChI=1S/C13H11BrO4S/c14-9-2-1-3-10(8-9)17-5-6-18-11-4-7-19-12(11)13(15)16/h1-4,7-8H,5-6H2,(H,15,16). The van der Waals surface area contributed by atoms with E-state index in [-0.39, 0.29) is 4.88 Å². The first kappa shape index (κ1) is 13.9. The van der Waals surface area contributed by atoms with Crippen molar-refractivity contribution in [3.8, 4) is 11.5 Å². The zero-order chi connectivity index (χ0) is 13.7. The number of halogens is 1. The second kappa shape index (κ2) is 6.58. The first-order valence-corrected chi connectivity index (χ1v) is 7.16. The van der Waals surface area contributed by atoms with Crippen LogP contribution in [0.25, 0.3) is 0 Å². The van der Waals surface area contributed by atoms with Crippen molar-refractivity contribution in [3.05, 3.63) is 45.1 Å². The zero-order valence-electron chi connectivity index (χ0n) is 9.84. The molecule has 0 atom stereocenters. The monoisotopic (exact) mass is 342 g/mol. The Hall–Kier alpha value is -1.53. The molecule has 0 fully saturated rings. The van der Waals surface area contributed by atoms with E-state index >= 15 is 0 Å². The number of hydrogen-bond acceptors (Lipinski definition) is 4. The maximum atomic E-state index is 10.9. The minimum Gasteiger partial charge on any atom is -0.490 e. The number of benzene rings is 1. The van der Waals surface area contributed by atoms with Gasteiger partial charge in [-0.2, -0.15) is 0 Å². The fourth-order valence-electron chi connectivity index (χ4n) is 1.44. The third-order valence-electron chi connectivity index (χ3n) is 2.23. The molecular formula is C13H11BrO4S. The van der Waals surface area contributed by atoms with Crippen LogP contribution >= 0.6 is 27.3 Å².